The van der Waals surface area contributed by atoms with Crippen LogP contribution in [0.2, 0.25) is 0 Å². The Morgan fingerprint density at radius 1 is 0.800 bits per heavy atom. The number of nitrogens with one attached hydrogen (secondary N) is 1. The van der Waals surface area contributed by atoms with E-state index in [-0.39, 0.29) is 29.8 Å². The summed E-state index contributed by atoms with van der Waals surface area (Å²) in [7, 11) is -4.13. The van der Waals surface area contributed by atoms with Crippen LogP contribution in [-0.2, 0) is 39.0 Å². The van der Waals surface area contributed by atoms with E-state index in [0.29, 0.717) is 5.69 Å². The highest BCUT2D eigenvalue weighted by atomic mass is 79.9. The monoisotopic (exact) mass is 689 g/mol. The van der Waals surface area contributed by atoms with E-state index in [1.54, 1.807) is 30.3 Å². The van der Waals surface area contributed by atoms with Crippen molar-refractivity contribution in [1.29, 1.82) is 0 Å². The number of hydrogen-bond acceptors (Lipinski definition) is 4. The lowest BCUT2D eigenvalue weighted by Gasteiger charge is -2.34. The van der Waals surface area contributed by atoms with Gasteiger partial charge in [-0.3, -0.25) is 13.9 Å². The minimum atomic E-state index is -4.13. The third-order valence-corrected chi connectivity index (χ3v) is 10.0. The van der Waals surface area contributed by atoms with E-state index in [9.17, 15) is 18.0 Å². The van der Waals surface area contributed by atoms with Crippen molar-refractivity contribution in [2.24, 2.45) is 0 Å². The molecule has 1 N–H and O–H groups in total. The Labute approximate surface area is 275 Å². The van der Waals surface area contributed by atoms with Crippen LogP contribution in [0, 0.1) is 0 Å². The first-order chi connectivity index (χ1) is 21.6. The molecule has 0 unspecified atom stereocenters. The standard InChI is InChI=1S/C36H40BrN3O4S/c1-4-27(3)38-36(42)34(24-29-13-8-6-9-14-29)39(25-30-15-12-16-31(37)23-30)35(41)26-40(32-21-19-28(5-2)20-22-32)45(43,44)33-17-10-7-11-18-33/h6-23,27,34H,4-5,24-26H2,1-3H3,(H,38,42)/t27-,34-/m1/s1. The Kier molecular flexibility index (Phi) is 12.0. The fourth-order valence-electron chi connectivity index (χ4n) is 4.97. The molecule has 7 nitrogen and oxygen atoms in total. The minimum absolute atomic E-state index is 0.0752. The topological polar surface area (TPSA) is 86.8 Å². The Bertz CT molecular complexity index is 1670. The second kappa shape index (κ2) is 15.9. The van der Waals surface area contributed by atoms with Gasteiger partial charge < -0.3 is 10.2 Å². The molecule has 0 saturated carbocycles. The molecule has 0 saturated heterocycles. The third kappa shape index (κ3) is 9.05. The average Bonchev–Trinajstić information content (AvgIpc) is 3.06. The van der Waals surface area contributed by atoms with Gasteiger partial charge in [0.1, 0.15) is 12.6 Å². The first-order valence-corrected chi connectivity index (χ1v) is 17.4. The summed E-state index contributed by atoms with van der Waals surface area (Å²) in [5.41, 5.74) is 3.10. The molecule has 0 aliphatic carbocycles. The molecule has 2 atom stereocenters. The summed E-state index contributed by atoms with van der Waals surface area (Å²) >= 11 is 3.52. The van der Waals surface area contributed by atoms with Crippen LogP contribution >= 0.6 is 15.9 Å². The molecule has 2 amide bonds. The Morgan fingerprint density at radius 2 is 1.42 bits per heavy atom. The van der Waals surface area contributed by atoms with Crippen molar-refractivity contribution in [2.75, 3.05) is 10.8 Å². The highest BCUT2D eigenvalue weighted by Gasteiger charge is 2.35. The lowest BCUT2D eigenvalue weighted by atomic mass is 10.0. The molecule has 236 valence electrons. The maximum atomic E-state index is 14.5. The van der Waals surface area contributed by atoms with Gasteiger partial charge in [-0.1, -0.05) is 103 Å². The molecule has 0 aliphatic rings. The number of amides is 2. The van der Waals surface area contributed by atoms with Crippen LogP contribution in [0.5, 0.6) is 0 Å². The average molecular weight is 691 g/mol. The number of benzene rings is 4. The van der Waals surface area contributed by atoms with Crippen molar-refractivity contribution in [3.63, 3.8) is 0 Å². The number of anilines is 1. The fraction of sp³-hybridized carbons (Fsp3) is 0.278. The Morgan fingerprint density at radius 3 is 2.02 bits per heavy atom. The SMILES string of the molecule is CCc1ccc(N(CC(=O)N(Cc2cccc(Br)c2)[C@H](Cc2ccccc2)C(=O)N[C@H](C)CC)S(=O)(=O)c2ccccc2)cc1. The van der Waals surface area contributed by atoms with Crippen LogP contribution in [-0.4, -0.2) is 43.8 Å². The predicted molar refractivity (Wildman–Crippen MR) is 183 cm³/mol. The van der Waals surface area contributed by atoms with Crippen LogP contribution in [0.15, 0.2) is 119 Å². The highest BCUT2D eigenvalue weighted by Crippen LogP contribution is 2.26. The van der Waals surface area contributed by atoms with Crippen molar-refractivity contribution >= 4 is 43.5 Å². The lowest BCUT2D eigenvalue weighted by molar-refractivity contribution is -0.140. The van der Waals surface area contributed by atoms with Crippen molar-refractivity contribution in [1.82, 2.24) is 10.2 Å². The fourth-order valence-corrected chi connectivity index (χ4v) is 6.86. The molecule has 0 heterocycles. The second-order valence-corrected chi connectivity index (χ2v) is 13.8. The van der Waals surface area contributed by atoms with Crippen LogP contribution in [0.1, 0.15) is 43.9 Å². The van der Waals surface area contributed by atoms with E-state index in [2.05, 4.69) is 21.2 Å². The van der Waals surface area contributed by atoms with Crippen molar-refractivity contribution in [2.45, 2.75) is 63.6 Å². The van der Waals surface area contributed by atoms with Crippen molar-refractivity contribution < 1.29 is 18.0 Å². The van der Waals surface area contributed by atoms with Crippen LogP contribution < -0.4 is 9.62 Å². The Hall–Kier alpha value is -3.95. The summed E-state index contributed by atoms with van der Waals surface area (Å²) in [4.78, 5) is 30.0. The molecule has 4 aromatic rings. The highest BCUT2D eigenvalue weighted by molar-refractivity contribution is 9.10. The van der Waals surface area contributed by atoms with E-state index >= 15 is 0 Å². The molecule has 0 aromatic heterocycles. The Balaban J connectivity index is 1.80. The molecule has 0 radical (unpaired) electrons. The zero-order valence-corrected chi connectivity index (χ0v) is 28.3. The van der Waals surface area contributed by atoms with Gasteiger partial charge in [-0.15, -0.1) is 0 Å². The minimum Gasteiger partial charge on any atom is -0.352 e. The first kappa shape index (κ1) is 33.9. The summed E-state index contributed by atoms with van der Waals surface area (Å²) < 4.78 is 30.2. The quantitative estimate of drug-likeness (QED) is 0.159. The largest absolute Gasteiger partial charge is 0.352 e. The smallest absolute Gasteiger partial charge is 0.264 e. The molecule has 0 spiro atoms. The molecular weight excluding hydrogens is 650 g/mol. The van der Waals surface area contributed by atoms with Gasteiger partial charge in [-0.25, -0.2) is 8.42 Å². The van der Waals surface area contributed by atoms with Crippen molar-refractivity contribution in [3.05, 3.63) is 130 Å². The number of halogens is 1. The van der Waals surface area contributed by atoms with E-state index in [1.165, 1.54) is 17.0 Å². The molecule has 0 aliphatic heterocycles. The van der Waals surface area contributed by atoms with Gasteiger partial charge >= 0.3 is 0 Å². The number of hydrogen-bond donors (Lipinski definition) is 1. The normalized spacial score (nSPS) is 12.6. The van der Waals surface area contributed by atoms with Crippen LogP contribution in [0.3, 0.4) is 0 Å². The number of rotatable bonds is 14. The van der Waals surface area contributed by atoms with Gasteiger partial charge in [0.15, 0.2) is 0 Å². The van der Waals surface area contributed by atoms with Gasteiger partial charge in [-0.2, -0.15) is 0 Å². The molecule has 0 fully saturated rings. The van der Waals surface area contributed by atoms with Gasteiger partial charge in [0, 0.05) is 23.5 Å². The predicted octanol–water partition coefficient (Wildman–Crippen LogP) is 6.76. The molecule has 0 bridgehead atoms. The van der Waals surface area contributed by atoms with E-state index in [1.807, 2.05) is 87.5 Å². The number of sulfonamides is 1. The van der Waals surface area contributed by atoms with Gasteiger partial charge in [0.2, 0.25) is 11.8 Å². The molecular formula is C36H40BrN3O4S. The maximum Gasteiger partial charge on any atom is 0.264 e. The van der Waals surface area contributed by atoms with Crippen molar-refractivity contribution in [3.8, 4) is 0 Å². The van der Waals surface area contributed by atoms with E-state index in [0.717, 1.165) is 38.3 Å². The molecule has 4 rings (SSSR count). The summed E-state index contributed by atoms with van der Waals surface area (Å²) in [5, 5.41) is 3.06. The van der Waals surface area contributed by atoms with Gasteiger partial charge in [0.05, 0.1) is 10.6 Å². The summed E-state index contributed by atoms with van der Waals surface area (Å²) in [6.07, 6.45) is 1.78. The number of nitrogens with zero attached hydrogens (tertiary/aromatic N) is 2. The van der Waals surface area contributed by atoms with Gasteiger partial charge in [-0.05, 0) is 72.9 Å². The number of aryl methyl sites for hydroxylation is 1. The third-order valence-electron chi connectivity index (χ3n) is 7.76. The van der Waals surface area contributed by atoms with Gasteiger partial charge in [0.25, 0.3) is 10.0 Å². The summed E-state index contributed by atoms with van der Waals surface area (Å²) in [6.45, 7) is 5.55. The summed E-state index contributed by atoms with van der Waals surface area (Å²) in [6, 6.07) is 31.4. The number of carbonyl (C=O) groups excluding carboxylic acids is 2. The summed E-state index contributed by atoms with van der Waals surface area (Å²) in [5.74, 6) is -0.782. The molecule has 9 heteroatoms. The molecule has 4 aromatic carbocycles. The van der Waals surface area contributed by atoms with Crippen LogP contribution in [0.4, 0.5) is 5.69 Å². The second-order valence-electron chi connectivity index (χ2n) is 11.0. The van der Waals surface area contributed by atoms with Crippen LogP contribution in [0.25, 0.3) is 0 Å². The van der Waals surface area contributed by atoms with E-state index in [4.69, 9.17) is 0 Å². The van der Waals surface area contributed by atoms with E-state index < -0.39 is 28.5 Å². The maximum absolute atomic E-state index is 14.5. The lowest BCUT2D eigenvalue weighted by Crippen LogP contribution is -2.54. The molecule has 45 heavy (non-hydrogen) atoms. The number of carbonyl (C=O) groups is 2. The zero-order valence-electron chi connectivity index (χ0n) is 25.9. The first-order valence-electron chi connectivity index (χ1n) is 15.2. The zero-order chi connectivity index (χ0) is 32.4.